The van der Waals surface area contributed by atoms with Gasteiger partial charge in [0.05, 0.1) is 12.8 Å². The molecule has 2 heterocycles. The number of furan rings is 1. The number of aromatic nitrogens is 2. The molecule has 5 heteroatoms. The molecule has 114 valence electrons. The van der Waals surface area contributed by atoms with Crippen molar-refractivity contribution in [3.8, 4) is 0 Å². The van der Waals surface area contributed by atoms with Crippen molar-refractivity contribution in [2.75, 3.05) is 11.4 Å². The van der Waals surface area contributed by atoms with Gasteiger partial charge in [0, 0.05) is 36.6 Å². The molecule has 0 bridgehead atoms. The van der Waals surface area contributed by atoms with Gasteiger partial charge in [0.25, 0.3) is 0 Å². The van der Waals surface area contributed by atoms with Crippen LogP contribution < -0.4 is 10.2 Å². The molecule has 0 radical (unpaired) electrons. The maximum Gasteiger partial charge on any atom is 0.225 e. The molecule has 0 aliphatic heterocycles. The highest BCUT2D eigenvalue weighted by atomic mass is 16.3. The van der Waals surface area contributed by atoms with Gasteiger partial charge in [-0.3, -0.25) is 0 Å². The molecular weight excluding hydrogens is 264 g/mol. The second-order valence-electron chi connectivity index (χ2n) is 5.41. The largest absolute Gasteiger partial charge is 0.467 e. The van der Waals surface area contributed by atoms with Gasteiger partial charge in [0.15, 0.2) is 0 Å². The van der Waals surface area contributed by atoms with E-state index < -0.39 is 0 Å². The topological polar surface area (TPSA) is 54.2 Å². The van der Waals surface area contributed by atoms with Crippen molar-refractivity contribution in [1.82, 2.24) is 15.3 Å². The van der Waals surface area contributed by atoms with E-state index in [1.165, 1.54) is 0 Å². The normalized spacial score (nSPS) is 11.1. The summed E-state index contributed by atoms with van der Waals surface area (Å²) in [5, 5.41) is 3.39. The first-order valence-corrected chi connectivity index (χ1v) is 7.43. The molecule has 0 atom stereocenters. The summed E-state index contributed by atoms with van der Waals surface area (Å²) in [4.78, 5) is 11.2. The summed E-state index contributed by atoms with van der Waals surface area (Å²) >= 11 is 0. The van der Waals surface area contributed by atoms with Crippen molar-refractivity contribution in [3.63, 3.8) is 0 Å². The Morgan fingerprint density at radius 3 is 2.76 bits per heavy atom. The van der Waals surface area contributed by atoms with Gasteiger partial charge in [-0.05, 0) is 26.0 Å². The van der Waals surface area contributed by atoms with Gasteiger partial charge in [-0.1, -0.05) is 13.8 Å². The number of nitrogens with zero attached hydrogens (tertiary/aromatic N) is 3. The minimum Gasteiger partial charge on any atom is -0.467 e. The van der Waals surface area contributed by atoms with Crippen molar-refractivity contribution in [2.45, 2.75) is 46.8 Å². The SMILES string of the molecule is CCN(Cc1ccco1)c1ncc(CNC(C)C)c(C)n1. The summed E-state index contributed by atoms with van der Waals surface area (Å²) in [6.45, 7) is 10.7. The molecular formula is C16H24N4O. The van der Waals surface area contributed by atoms with E-state index in [0.717, 1.165) is 36.1 Å². The van der Waals surface area contributed by atoms with Crippen molar-refractivity contribution >= 4 is 5.95 Å². The lowest BCUT2D eigenvalue weighted by atomic mass is 10.2. The molecule has 0 aliphatic rings. The van der Waals surface area contributed by atoms with E-state index in [9.17, 15) is 0 Å². The number of hydrogen-bond acceptors (Lipinski definition) is 5. The Labute approximate surface area is 126 Å². The van der Waals surface area contributed by atoms with Crippen LogP contribution in [-0.4, -0.2) is 22.6 Å². The quantitative estimate of drug-likeness (QED) is 0.849. The van der Waals surface area contributed by atoms with E-state index in [0.29, 0.717) is 12.6 Å². The molecule has 1 N–H and O–H groups in total. The molecule has 2 rings (SSSR count). The number of nitrogens with one attached hydrogen (secondary N) is 1. The zero-order chi connectivity index (χ0) is 15.2. The van der Waals surface area contributed by atoms with Crippen LogP contribution in [-0.2, 0) is 13.1 Å². The zero-order valence-corrected chi connectivity index (χ0v) is 13.3. The van der Waals surface area contributed by atoms with Crippen molar-refractivity contribution in [1.29, 1.82) is 0 Å². The highest BCUT2D eigenvalue weighted by Crippen LogP contribution is 2.14. The summed E-state index contributed by atoms with van der Waals surface area (Å²) in [6, 6.07) is 4.32. The first-order chi connectivity index (χ1) is 10.1. The fourth-order valence-electron chi connectivity index (χ4n) is 2.03. The molecule has 0 spiro atoms. The van der Waals surface area contributed by atoms with Crippen molar-refractivity contribution in [2.24, 2.45) is 0 Å². The third-order valence-corrected chi connectivity index (χ3v) is 3.36. The molecule has 2 aromatic heterocycles. The predicted octanol–water partition coefficient (Wildman–Crippen LogP) is 2.90. The number of rotatable bonds is 7. The third-order valence-electron chi connectivity index (χ3n) is 3.36. The van der Waals surface area contributed by atoms with Gasteiger partial charge in [-0.25, -0.2) is 9.97 Å². The lowest BCUT2D eigenvalue weighted by Crippen LogP contribution is -2.26. The summed E-state index contributed by atoms with van der Waals surface area (Å²) in [5.74, 6) is 1.67. The van der Waals surface area contributed by atoms with Gasteiger partial charge < -0.3 is 14.6 Å². The highest BCUT2D eigenvalue weighted by Gasteiger charge is 2.12. The van der Waals surface area contributed by atoms with Gasteiger partial charge in [-0.15, -0.1) is 0 Å². The molecule has 5 nitrogen and oxygen atoms in total. The van der Waals surface area contributed by atoms with E-state index in [2.05, 4.69) is 41.0 Å². The number of anilines is 1. The van der Waals surface area contributed by atoms with Crippen LogP contribution in [0.25, 0.3) is 0 Å². The van der Waals surface area contributed by atoms with E-state index in [1.54, 1.807) is 6.26 Å². The third kappa shape index (κ3) is 4.29. The van der Waals surface area contributed by atoms with Crippen LogP contribution in [0.3, 0.4) is 0 Å². The summed E-state index contributed by atoms with van der Waals surface area (Å²) in [7, 11) is 0. The highest BCUT2D eigenvalue weighted by molar-refractivity contribution is 5.33. The minimum absolute atomic E-state index is 0.454. The van der Waals surface area contributed by atoms with E-state index >= 15 is 0 Å². The van der Waals surface area contributed by atoms with E-state index in [4.69, 9.17) is 4.42 Å². The molecule has 0 fully saturated rings. The summed E-state index contributed by atoms with van der Waals surface area (Å²) in [5.41, 5.74) is 2.16. The standard InChI is InChI=1S/C16H24N4O/c1-5-20(11-15-7-6-8-21-15)16-18-10-14(13(4)19-16)9-17-12(2)3/h6-8,10,12,17H,5,9,11H2,1-4H3. The summed E-state index contributed by atoms with van der Waals surface area (Å²) < 4.78 is 5.40. The second-order valence-corrected chi connectivity index (χ2v) is 5.41. The van der Waals surface area contributed by atoms with Crippen molar-refractivity contribution in [3.05, 3.63) is 41.6 Å². The molecule has 2 aromatic rings. The monoisotopic (exact) mass is 288 g/mol. The molecule has 0 aromatic carbocycles. The first-order valence-electron chi connectivity index (χ1n) is 7.43. The first kappa shape index (κ1) is 15.5. The number of hydrogen-bond donors (Lipinski definition) is 1. The summed E-state index contributed by atoms with van der Waals surface area (Å²) in [6.07, 6.45) is 3.60. The van der Waals surface area contributed by atoms with Gasteiger partial charge in [0.2, 0.25) is 5.95 Å². The maximum absolute atomic E-state index is 5.40. The lowest BCUT2D eigenvalue weighted by molar-refractivity contribution is 0.501. The molecule has 0 saturated carbocycles. The Morgan fingerprint density at radius 2 is 2.19 bits per heavy atom. The Balaban J connectivity index is 2.09. The fraction of sp³-hybridized carbons (Fsp3) is 0.500. The smallest absolute Gasteiger partial charge is 0.225 e. The zero-order valence-electron chi connectivity index (χ0n) is 13.3. The van der Waals surface area contributed by atoms with Crippen LogP contribution in [0.15, 0.2) is 29.0 Å². The molecule has 21 heavy (non-hydrogen) atoms. The fourth-order valence-corrected chi connectivity index (χ4v) is 2.03. The van der Waals surface area contributed by atoms with Crippen LogP contribution >= 0.6 is 0 Å². The maximum atomic E-state index is 5.40. The van der Waals surface area contributed by atoms with Gasteiger partial charge in [0.1, 0.15) is 5.76 Å². The van der Waals surface area contributed by atoms with Crippen LogP contribution in [0.1, 0.15) is 37.8 Å². The van der Waals surface area contributed by atoms with Gasteiger partial charge >= 0.3 is 0 Å². The molecule has 0 unspecified atom stereocenters. The van der Waals surface area contributed by atoms with Gasteiger partial charge in [-0.2, -0.15) is 0 Å². The predicted molar refractivity (Wildman–Crippen MR) is 84.2 cm³/mol. The molecule has 0 amide bonds. The van der Waals surface area contributed by atoms with Crippen molar-refractivity contribution < 1.29 is 4.42 Å². The second kappa shape index (κ2) is 7.22. The van der Waals surface area contributed by atoms with Crippen LogP contribution in [0.4, 0.5) is 5.95 Å². The molecule has 0 aliphatic carbocycles. The van der Waals surface area contributed by atoms with E-state index in [-0.39, 0.29) is 0 Å². The van der Waals surface area contributed by atoms with Crippen LogP contribution in [0, 0.1) is 6.92 Å². The Kier molecular flexibility index (Phi) is 5.33. The van der Waals surface area contributed by atoms with E-state index in [1.807, 2.05) is 25.3 Å². The Hall–Kier alpha value is -1.88. The number of aryl methyl sites for hydroxylation is 1. The average molecular weight is 288 g/mol. The molecule has 0 saturated heterocycles. The Morgan fingerprint density at radius 1 is 1.38 bits per heavy atom. The van der Waals surface area contributed by atoms with Crippen LogP contribution in [0.2, 0.25) is 0 Å². The Bertz CT molecular complexity index is 551. The average Bonchev–Trinajstić information content (AvgIpc) is 2.96. The van der Waals surface area contributed by atoms with Crippen LogP contribution in [0.5, 0.6) is 0 Å². The lowest BCUT2D eigenvalue weighted by Gasteiger charge is -2.20. The minimum atomic E-state index is 0.454.